The molecule has 1 atom stereocenters. The number of hydrogen-bond acceptors (Lipinski definition) is 4. The Morgan fingerprint density at radius 3 is 2.21 bits per heavy atom. The van der Waals surface area contributed by atoms with E-state index >= 15 is 0 Å². The molecule has 0 spiro atoms. The number of carbonyl (C=O) groups excluding carboxylic acids is 1. The van der Waals surface area contributed by atoms with Gasteiger partial charge in [0.15, 0.2) is 0 Å². The number of rotatable bonds is 5. The van der Waals surface area contributed by atoms with Crippen LogP contribution in [0.25, 0.3) is 0 Å². The van der Waals surface area contributed by atoms with Gasteiger partial charge >= 0.3 is 0 Å². The third-order valence-electron chi connectivity index (χ3n) is 3.34. The summed E-state index contributed by atoms with van der Waals surface area (Å²) < 4.78 is 0. The van der Waals surface area contributed by atoms with Gasteiger partial charge in [0.1, 0.15) is 0 Å². The van der Waals surface area contributed by atoms with E-state index in [2.05, 4.69) is 18.7 Å². The smallest absolute Gasteiger partial charge is 0.239 e. The fourth-order valence-corrected chi connectivity index (χ4v) is 2.52. The van der Waals surface area contributed by atoms with Crippen LogP contribution in [0.2, 0.25) is 0 Å². The van der Waals surface area contributed by atoms with Gasteiger partial charge in [-0.15, -0.1) is 0 Å². The maximum Gasteiger partial charge on any atom is 0.239 e. The lowest BCUT2D eigenvalue weighted by atomic mass is 10.0. The summed E-state index contributed by atoms with van der Waals surface area (Å²) in [5.41, 5.74) is 5.26. The van der Waals surface area contributed by atoms with Crippen molar-refractivity contribution < 1.29 is 9.90 Å². The normalized spacial score (nSPS) is 19.8. The average Bonchev–Trinajstić information content (AvgIpc) is 2.26. The van der Waals surface area contributed by atoms with Crippen LogP contribution in [0.4, 0.5) is 0 Å². The van der Waals surface area contributed by atoms with E-state index in [0.29, 0.717) is 25.6 Å². The van der Waals surface area contributed by atoms with Gasteiger partial charge in [0, 0.05) is 32.7 Å². The zero-order valence-corrected chi connectivity index (χ0v) is 12.7. The molecule has 0 aromatic heterocycles. The molecule has 0 aliphatic carbocycles. The number of carbonyl (C=O) groups is 1. The number of piperazine rings is 1. The zero-order chi connectivity index (χ0) is 14.6. The van der Waals surface area contributed by atoms with Crippen molar-refractivity contribution in [3.05, 3.63) is 0 Å². The Hall–Kier alpha value is -0.650. The lowest BCUT2D eigenvalue weighted by Gasteiger charge is -2.38. The van der Waals surface area contributed by atoms with E-state index in [1.54, 1.807) is 0 Å². The minimum absolute atomic E-state index is 0.0663. The van der Waals surface area contributed by atoms with Gasteiger partial charge < -0.3 is 15.7 Å². The topological polar surface area (TPSA) is 69.8 Å². The van der Waals surface area contributed by atoms with Crippen LogP contribution in [0, 0.1) is 5.92 Å². The number of amides is 1. The minimum atomic E-state index is -0.680. The lowest BCUT2D eigenvalue weighted by Crippen LogP contribution is -2.55. The van der Waals surface area contributed by atoms with Crippen molar-refractivity contribution in [3.8, 4) is 0 Å². The van der Waals surface area contributed by atoms with Crippen molar-refractivity contribution in [2.75, 3.05) is 32.7 Å². The standard InChI is InChI=1S/C14H29N3O2/c1-11(2)9-12(15)13(18)17-7-5-16(6-8-17)10-14(3,4)19/h11-12,19H,5-10,15H2,1-4H3/t12-/m0/s1. The van der Waals surface area contributed by atoms with Gasteiger partial charge in [-0.05, 0) is 26.2 Å². The van der Waals surface area contributed by atoms with Crippen molar-refractivity contribution in [1.82, 2.24) is 9.80 Å². The molecule has 0 aromatic rings. The molecule has 0 aromatic carbocycles. The van der Waals surface area contributed by atoms with E-state index in [-0.39, 0.29) is 11.9 Å². The first-order chi connectivity index (χ1) is 8.69. The van der Waals surface area contributed by atoms with Crippen molar-refractivity contribution in [1.29, 1.82) is 0 Å². The molecule has 1 amide bonds. The molecule has 1 heterocycles. The minimum Gasteiger partial charge on any atom is -0.389 e. The van der Waals surface area contributed by atoms with Gasteiger partial charge in [-0.1, -0.05) is 13.8 Å². The van der Waals surface area contributed by atoms with Gasteiger partial charge in [0.2, 0.25) is 5.91 Å². The maximum absolute atomic E-state index is 12.2. The van der Waals surface area contributed by atoms with E-state index in [1.165, 1.54) is 0 Å². The summed E-state index contributed by atoms with van der Waals surface area (Å²) in [6, 6.07) is -0.374. The molecule has 5 heteroatoms. The van der Waals surface area contributed by atoms with Gasteiger partial charge in [-0.25, -0.2) is 0 Å². The second-order valence-corrected chi connectivity index (χ2v) is 6.65. The molecular formula is C14H29N3O2. The first kappa shape index (κ1) is 16.4. The third kappa shape index (κ3) is 5.89. The van der Waals surface area contributed by atoms with E-state index in [1.807, 2.05) is 18.7 Å². The Labute approximate surface area is 116 Å². The SMILES string of the molecule is CC(C)C[C@H](N)C(=O)N1CCN(CC(C)(C)O)CC1. The summed E-state index contributed by atoms with van der Waals surface area (Å²) in [7, 11) is 0. The van der Waals surface area contributed by atoms with Gasteiger partial charge in [-0.2, -0.15) is 0 Å². The van der Waals surface area contributed by atoms with Crippen LogP contribution in [0.15, 0.2) is 0 Å². The summed E-state index contributed by atoms with van der Waals surface area (Å²) in [4.78, 5) is 16.2. The molecule has 1 fully saturated rings. The molecule has 1 rings (SSSR count). The maximum atomic E-state index is 12.2. The molecular weight excluding hydrogens is 242 g/mol. The van der Waals surface area contributed by atoms with Crippen molar-refractivity contribution in [2.45, 2.75) is 45.8 Å². The largest absolute Gasteiger partial charge is 0.389 e. The predicted octanol–water partition coefficient (Wildman–Crippen LogP) is 0.275. The first-order valence-corrected chi connectivity index (χ1v) is 7.18. The lowest BCUT2D eigenvalue weighted by molar-refractivity contribution is -0.135. The number of hydrogen-bond donors (Lipinski definition) is 2. The van der Waals surface area contributed by atoms with Crippen molar-refractivity contribution in [2.24, 2.45) is 11.7 Å². The number of nitrogens with two attached hydrogens (primary N) is 1. The van der Waals surface area contributed by atoms with Crippen LogP contribution in [0.1, 0.15) is 34.1 Å². The molecule has 112 valence electrons. The highest BCUT2D eigenvalue weighted by Crippen LogP contribution is 2.11. The number of aliphatic hydroxyl groups is 1. The fraction of sp³-hybridized carbons (Fsp3) is 0.929. The highest BCUT2D eigenvalue weighted by atomic mass is 16.3. The number of nitrogens with zero attached hydrogens (tertiary/aromatic N) is 2. The Balaban J connectivity index is 2.39. The molecule has 0 unspecified atom stereocenters. The molecule has 3 N–H and O–H groups in total. The first-order valence-electron chi connectivity index (χ1n) is 7.18. The Morgan fingerprint density at radius 2 is 1.79 bits per heavy atom. The second kappa shape index (κ2) is 6.68. The fourth-order valence-electron chi connectivity index (χ4n) is 2.52. The van der Waals surface area contributed by atoms with Crippen molar-refractivity contribution >= 4 is 5.91 Å². The van der Waals surface area contributed by atoms with Crippen LogP contribution in [0.3, 0.4) is 0 Å². The van der Waals surface area contributed by atoms with E-state index in [9.17, 15) is 9.90 Å². The summed E-state index contributed by atoms with van der Waals surface area (Å²) in [6.45, 7) is 11.5. The Kier molecular flexibility index (Phi) is 5.77. The molecule has 1 saturated heterocycles. The molecule has 19 heavy (non-hydrogen) atoms. The summed E-state index contributed by atoms with van der Waals surface area (Å²) in [6.07, 6.45) is 0.739. The van der Waals surface area contributed by atoms with Crippen LogP contribution in [-0.4, -0.2) is 65.2 Å². The quantitative estimate of drug-likeness (QED) is 0.753. The van der Waals surface area contributed by atoms with Crippen LogP contribution < -0.4 is 5.73 Å². The van der Waals surface area contributed by atoms with Crippen LogP contribution >= 0.6 is 0 Å². The highest BCUT2D eigenvalue weighted by Gasteiger charge is 2.27. The third-order valence-corrected chi connectivity index (χ3v) is 3.34. The van der Waals surface area contributed by atoms with Gasteiger partial charge in [0.05, 0.1) is 11.6 Å². The monoisotopic (exact) mass is 271 g/mol. The second-order valence-electron chi connectivity index (χ2n) is 6.65. The van der Waals surface area contributed by atoms with Crippen LogP contribution in [0.5, 0.6) is 0 Å². The van der Waals surface area contributed by atoms with E-state index in [4.69, 9.17) is 5.73 Å². The van der Waals surface area contributed by atoms with Gasteiger partial charge in [-0.3, -0.25) is 9.69 Å². The van der Waals surface area contributed by atoms with Gasteiger partial charge in [0.25, 0.3) is 0 Å². The average molecular weight is 271 g/mol. The van der Waals surface area contributed by atoms with Crippen LogP contribution in [-0.2, 0) is 4.79 Å². The summed E-state index contributed by atoms with van der Waals surface area (Å²) >= 11 is 0. The Bertz CT molecular complexity index is 292. The molecule has 1 aliphatic rings. The number of β-amino-alcohol motifs (C(OH)–C–C–N with tert-alkyl or cyclic N) is 1. The molecule has 1 aliphatic heterocycles. The molecule has 5 nitrogen and oxygen atoms in total. The zero-order valence-electron chi connectivity index (χ0n) is 12.7. The Morgan fingerprint density at radius 1 is 1.26 bits per heavy atom. The van der Waals surface area contributed by atoms with Crippen molar-refractivity contribution in [3.63, 3.8) is 0 Å². The van der Waals surface area contributed by atoms with E-state index < -0.39 is 5.60 Å². The predicted molar refractivity (Wildman–Crippen MR) is 76.7 cm³/mol. The summed E-state index contributed by atoms with van der Waals surface area (Å²) in [5.74, 6) is 0.507. The highest BCUT2D eigenvalue weighted by molar-refractivity contribution is 5.81. The molecule has 0 radical (unpaired) electrons. The molecule has 0 saturated carbocycles. The summed E-state index contributed by atoms with van der Waals surface area (Å²) in [5, 5.41) is 9.79. The van der Waals surface area contributed by atoms with E-state index in [0.717, 1.165) is 19.5 Å². The molecule has 0 bridgehead atoms.